The molecule has 3 rings (SSSR count). The Morgan fingerprint density at radius 1 is 1.27 bits per heavy atom. The van der Waals surface area contributed by atoms with Crippen LogP contribution in [0.2, 0.25) is 0 Å². The Labute approximate surface area is 126 Å². The van der Waals surface area contributed by atoms with Crippen LogP contribution >= 0.6 is 0 Å². The van der Waals surface area contributed by atoms with Crippen LogP contribution in [0.25, 0.3) is 10.9 Å². The molecule has 0 amide bonds. The number of hydrogen-bond donors (Lipinski definition) is 2. The number of nitrogens with one attached hydrogen (secondary N) is 2. The molecule has 0 radical (unpaired) electrons. The van der Waals surface area contributed by atoms with Gasteiger partial charge < -0.3 is 10.1 Å². The standard InChI is InChI=1S/C15H16FN5O/c1-9-5-13(11-6-10(16)3-4-12(11)18-9)17-7-14-19-15(8-22-2)21-20-14/h3-6H,7-8H2,1-2H3,(H,17,18)(H,19,20,21). The summed E-state index contributed by atoms with van der Waals surface area (Å²) in [6, 6.07) is 6.44. The summed E-state index contributed by atoms with van der Waals surface area (Å²) in [4.78, 5) is 8.69. The minimum atomic E-state index is -0.289. The quantitative estimate of drug-likeness (QED) is 0.757. The predicted molar refractivity (Wildman–Crippen MR) is 80.9 cm³/mol. The van der Waals surface area contributed by atoms with E-state index in [-0.39, 0.29) is 5.82 Å². The van der Waals surface area contributed by atoms with E-state index in [1.165, 1.54) is 12.1 Å². The molecule has 0 saturated carbocycles. The number of nitrogens with zero attached hydrogens (tertiary/aromatic N) is 3. The number of aryl methyl sites for hydroxylation is 1. The lowest BCUT2D eigenvalue weighted by Gasteiger charge is -2.09. The largest absolute Gasteiger partial charge is 0.377 e. The van der Waals surface area contributed by atoms with Crippen LogP contribution in [0.3, 0.4) is 0 Å². The van der Waals surface area contributed by atoms with Gasteiger partial charge in [0.2, 0.25) is 0 Å². The summed E-state index contributed by atoms with van der Waals surface area (Å²) in [6.45, 7) is 2.71. The molecular weight excluding hydrogens is 285 g/mol. The van der Waals surface area contributed by atoms with Crippen molar-refractivity contribution in [1.82, 2.24) is 20.2 Å². The number of ether oxygens (including phenoxy) is 1. The number of anilines is 1. The van der Waals surface area contributed by atoms with Gasteiger partial charge in [0.1, 0.15) is 18.2 Å². The van der Waals surface area contributed by atoms with E-state index in [0.29, 0.717) is 24.8 Å². The van der Waals surface area contributed by atoms with Crippen LogP contribution in [0.1, 0.15) is 17.3 Å². The van der Waals surface area contributed by atoms with Crippen molar-refractivity contribution >= 4 is 16.6 Å². The topological polar surface area (TPSA) is 75.7 Å². The summed E-state index contributed by atoms with van der Waals surface area (Å²) in [7, 11) is 1.59. The van der Waals surface area contributed by atoms with Gasteiger partial charge in [0.25, 0.3) is 0 Å². The van der Waals surface area contributed by atoms with Gasteiger partial charge >= 0.3 is 0 Å². The molecule has 22 heavy (non-hydrogen) atoms. The van der Waals surface area contributed by atoms with E-state index >= 15 is 0 Å². The van der Waals surface area contributed by atoms with Crippen molar-refractivity contribution in [3.63, 3.8) is 0 Å². The van der Waals surface area contributed by atoms with Gasteiger partial charge in [-0.1, -0.05) is 0 Å². The molecule has 0 unspecified atom stereocenters. The van der Waals surface area contributed by atoms with Crippen LogP contribution in [-0.2, 0) is 17.9 Å². The fourth-order valence-electron chi connectivity index (χ4n) is 2.26. The van der Waals surface area contributed by atoms with Gasteiger partial charge in [0.15, 0.2) is 5.82 Å². The Bertz CT molecular complexity index is 802. The Balaban J connectivity index is 1.84. The van der Waals surface area contributed by atoms with Crippen molar-refractivity contribution in [2.75, 3.05) is 12.4 Å². The molecule has 0 atom stereocenters. The van der Waals surface area contributed by atoms with Crippen LogP contribution < -0.4 is 5.32 Å². The summed E-state index contributed by atoms with van der Waals surface area (Å²) in [5, 5.41) is 10.9. The van der Waals surface area contributed by atoms with Crippen molar-refractivity contribution < 1.29 is 9.13 Å². The smallest absolute Gasteiger partial charge is 0.176 e. The third-order valence-electron chi connectivity index (χ3n) is 3.20. The van der Waals surface area contributed by atoms with Gasteiger partial charge in [-0.15, -0.1) is 0 Å². The average molecular weight is 301 g/mol. The number of rotatable bonds is 5. The molecule has 0 fully saturated rings. The van der Waals surface area contributed by atoms with E-state index in [9.17, 15) is 4.39 Å². The number of aromatic nitrogens is 4. The summed E-state index contributed by atoms with van der Waals surface area (Å²) in [6.07, 6.45) is 0. The van der Waals surface area contributed by atoms with Crippen LogP contribution in [0.15, 0.2) is 24.3 Å². The lowest BCUT2D eigenvalue weighted by Crippen LogP contribution is -2.03. The second kappa shape index (κ2) is 6.07. The van der Waals surface area contributed by atoms with E-state index in [1.54, 1.807) is 13.2 Å². The molecular formula is C15H16FN5O. The molecule has 0 bridgehead atoms. The monoisotopic (exact) mass is 301 g/mol. The van der Waals surface area contributed by atoms with Crippen LogP contribution in [0.5, 0.6) is 0 Å². The zero-order valence-electron chi connectivity index (χ0n) is 12.4. The fourth-order valence-corrected chi connectivity index (χ4v) is 2.26. The molecule has 0 saturated heterocycles. The molecule has 3 aromatic rings. The Morgan fingerprint density at radius 2 is 2.14 bits per heavy atom. The highest BCUT2D eigenvalue weighted by atomic mass is 19.1. The molecule has 1 aromatic carbocycles. The molecule has 2 aromatic heterocycles. The van der Waals surface area contributed by atoms with Crippen LogP contribution in [0, 0.1) is 12.7 Å². The highest BCUT2D eigenvalue weighted by Gasteiger charge is 2.07. The van der Waals surface area contributed by atoms with Crippen LogP contribution in [-0.4, -0.2) is 27.3 Å². The average Bonchev–Trinajstić information content (AvgIpc) is 2.93. The molecule has 0 spiro atoms. The maximum atomic E-state index is 13.5. The minimum Gasteiger partial charge on any atom is -0.377 e. The first-order valence-electron chi connectivity index (χ1n) is 6.85. The molecule has 2 heterocycles. The van der Waals surface area contributed by atoms with Crippen molar-refractivity contribution in [3.05, 3.63) is 47.4 Å². The number of fused-ring (bicyclic) bond motifs is 1. The zero-order valence-corrected chi connectivity index (χ0v) is 12.4. The molecule has 114 valence electrons. The summed E-state index contributed by atoms with van der Waals surface area (Å²) >= 11 is 0. The second-order valence-corrected chi connectivity index (χ2v) is 4.96. The summed E-state index contributed by atoms with van der Waals surface area (Å²) in [5.74, 6) is 0.996. The first kappa shape index (κ1) is 14.4. The molecule has 2 N–H and O–H groups in total. The van der Waals surface area contributed by atoms with Crippen molar-refractivity contribution in [3.8, 4) is 0 Å². The van der Waals surface area contributed by atoms with Crippen LogP contribution in [0.4, 0.5) is 10.1 Å². The first-order chi connectivity index (χ1) is 10.7. The molecule has 0 aliphatic rings. The second-order valence-electron chi connectivity index (χ2n) is 4.96. The highest BCUT2D eigenvalue weighted by Crippen LogP contribution is 2.24. The van der Waals surface area contributed by atoms with E-state index in [1.807, 2.05) is 13.0 Å². The number of aromatic amines is 1. The third-order valence-corrected chi connectivity index (χ3v) is 3.20. The van der Waals surface area contributed by atoms with Gasteiger partial charge in [-0.05, 0) is 31.2 Å². The van der Waals surface area contributed by atoms with Gasteiger partial charge in [-0.2, -0.15) is 5.10 Å². The lowest BCUT2D eigenvalue weighted by molar-refractivity contribution is 0.178. The first-order valence-corrected chi connectivity index (χ1v) is 6.85. The number of benzene rings is 1. The number of hydrogen-bond acceptors (Lipinski definition) is 5. The summed E-state index contributed by atoms with van der Waals surface area (Å²) < 4.78 is 18.4. The number of pyridine rings is 1. The lowest BCUT2D eigenvalue weighted by atomic mass is 10.1. The minimum absolute atomic E-state index is 0.289. The van der Waals surface area contributed by atoms with E-state index in [4.69, 9.17) is 4.74 Å². The van der Waals surface area contributed by atoms with Gasteiger partial charge in [0.05, 0.1) is 12.1 Å². The highest BCUT2D eigenvalue weighted by molar-refractivity contribution is 5.91. The van der Waals surface area contributed by atoms with E-state index in [0.717, 1.165) is 22.3 Å². The van der Waals surface area contributed by atoms with E-state index < -0.39 is 0 Å². The normalized spacial score (nSPS) is 11.0. The Kier molecular flexibility index (Phi) is 3.97. The third kappa shape index (κ3) is 3.04. The molecule has 0 aliphatic heterocycles. The van der Waals surface area contributed by atoms with Crippen molar-refractivity contribution in [2.24, 2.45) is 0 Å². The molecule has 7 heteroatoms. The van der Waals surface area contributed by atoms with Gasteiger partial charge in [0, 0.05) is 23.9 Å². The Hall–Kier alpha value is -2.54. The molecule has 6 nitrogen and oxygen atoms in total. The fraction of sp³-hybridized carbons (Fsp3) is 0.267. The van der Waals surface area contributed by atoms with Crippen molar-refractivity contribution in [2.45, 2.75) is 20.1 Å². The van der Waals surface area contributed by atoms with Crippen molar-refractivity contribution in [1.29, 1.82) is 0 Å². The van der Waals surface area contributed by atoms with Gasteiger partial charge in [-0.3, -0.25) is 10.1 Å². The van der Waals surface area contributed by atoms with Gasteiger partial charge in [-0.25, -0.2) is 9.37 Å². The predicted octanol–water partition coefficient (Wildman–Crippen LogP) is 2.56. The number of methoxy groups -OCH3 is 1. The summed E-state index contributed by atoms with van der Waals surface area (Å²) in [5.41, 5.74) is 2.42. The molecule has 0 aliphatic carbocycles. The zero-order chi connectivity index (χ0) is 15.5. The maximum absolute atomic E-state index is 13.5. The maximum Gasteiger partial charge on any atom is 0.176 e. The Morgan fingerprint density at radius 3 is 2.95 bits per heavy atom. The SMILES string of the molecule is COCc1n[nH]c(CNc2cc(C)nc3ccc(F)cc23)n1. The van der Waals surface area contributed by atoms with E-state index in [2.05, 4.69) is 25.5 Å². The number of halogens is 1. The number of H-pyrrole nitrogens is 1.